The molecule has 1 aliphatic heterocycles. The Kier molecular flexibility index (Phi) is 4.42. The molecule has 1 atom stereocenters. The monoisotopic (exact) mass is 299 g/mol. The van der Waals surface area contributed by atoms with E-state index in [-0.39, 0.29) is 5.91 Å². The van der Waals surface area contributed by atoms with E-state index in [2.05, 4.69) is 10.2 Å². The molecule has 1 fully saturated rings. The Morgan fingerprint density at radius 2 is 2.18 bits per heavy atom. The highest BCUT2D eigenvalue weighted by molar-refractivity contribution is 5.94. The maximum absolute atomic E-state index is 12.6. The number of rotatable bonds is 4. The first-order valence-corrected chi connectivity index (χ1v) is 7.79. The Morgan fingerprint density at radius 1 is 1.36 bits per heavy atom. The lowest BCUT2D eigenvalue weighted by Crippen LogP contribution is -2.39. The van der Waals surface area contributed by atoms with Crippen LogP contribution in [0.15, 0.2) is 36.5 Å². The minimum absolute atomic E-state index is 0.0901. The maximum Gasteiger partial charge on any atom is 0.253 e. The second-order valence-electron chi connectivity index (χ2n) is 5.56. The van der Waals surface area contributed by atoms with Crippen LogP contribution in [0.1, 0.15) is 41.7 Å². The summed E-state index contributed by atoms with van der Waals surface area (Å²) in [6.07, 6.45) is 3.88. The summed E-state index contributed by atoms with van der Waals surface area (Å²) in [4.78, 5) is 14.6. The van der Waals surface area contributed by atoms with Crippen LogP contribution in [0.3, 0.4) is 0 Å². The van der Waals surface area contributed by atoms with Crippen LogP contribution in [0.25, 0.3) is 0 Å². The first-order valence-electron chi connectivity index (χ1n) is 7.79. The van der Waals surface area contributed by atoms with Crippen molar-refractivity contribution in [2.24, 2.45) is 0 Å². The highest BCUT2D eigenvalue weighted by Crippen LogP contribution is 2.26. The smallest absolute Gasteiger partial charge is 0.253 e. The molecule has 0 unspecified atom stereocenters. The van der Waals surface area contributed by atoms with Crippen LogP contribution >= 0.6 is 0 Å². The predicted octanol–water partition coefficient (Wildman–Crippen LogP) is 2.83. The summed E-state index contributed by atoms with van der Waals surface area (Å²) >= 11 is 0. The van der Waals surface area contributed by atoms with Gasteiger partial charge in [0.25, 0.3) is 5.91 Å². The molecule has 5 nitrogen and oxygen atoms in total. The molecule has 1 amide bonds. The molecule has 0 radical (unpaired) electrons. The van der Waals surface area contributed by atoms with Crippen molar-refractivity contribution in [3.63, 3.8) is 0 Å². The van der Waals surface area contributed by atoms with E-state index in [9.17, 15) is 4.79 Å². The minimum Gasteiger partial charge on any atom is -0.494 e. The third-order valence-electron chi connectivity index (χ3n) is 4.08. The molecule has 0 aliphatic carbocycles. The molecule has 0 saturated carbocycles. The molecule has 0 bridgehead atoms. The first kappa shape index (κ1) is 14.6. The molecule has 1 aliphatic rings. The zero-order valence-corrected chi connectivity index (χ0v) is 12.8. The number of carbonyl (C=O) groups excluding carboxylic acids is 1. The Hall–Kier alpha value is -2.30. The number of amides is 1. The molecule has 22 heavy (non-hydrogen) atoms. The molecule has 2 aromatic rings. The van der Waals surface area contributed by atoms with Crippen LogP contribution in [0.2, 0.25) is 0 Å². The minimum atomic E-state index is 0.0901. The molecule has 0 spiro atoms. The Balaban J connectivity index is 1.68. The number of nitrogens with one attached hydrogen (secondary N) is 1. The van der Waals surface area contributed by atoms with Gasteiger partial charge in [-0.1, -0.05) is 0 Å². The third-order valence-corrected chi connectivity index (χ3v) is 4.08. The Morgan fingerprint density at radius 3 is 2.86 bits per heavy atom. The molecule has 3 rings (SSSR count). The molecule has 1 saturated heterocycles. The van der Waals surface area contributed by atoms with Gasteiger partial charge in [0.05, 0.1) is 6.61 Å². The number of hydrogen-bond acceptors (Lipinski definition) is 3. The maximum atomic E-state index is 12.6. The largest absolute Gasteiger partial charge is 0.494 e. The van der Waals surface area contributed by atoms with Crippen molar-refractivity contribution < 1.29 is 9.53 Å². The second kappa shape index (κ2) is 6.64. The van der Waals surface area contributed by atoms with Crippen molar-refractivity contribution in [1.82, 2.24) is 15.1 Å². The van der Waals surface area contributed by atoms with Crippen molar-refractivity contribution >= 4 is 5.91 Å². The number of aromatic nitrogens is 2. The highest BCUT2D eigenvalue weighted by atomic mass is 16.5. The number of H-pyrrole nitrogens is 1. The van der Waals surface area contributed by atoms with Crippen molar-refractivity contribution in [3.05, 3.63) is 47.8 Å². The lowest BCUT2D eigenvalue weighted by atomic mass is 9.94. The highest BCUT2D eigenvalue weighted by Gasteiger charge is 2.26. The van der Waals surface area contributed by atoms with Gasteiger partial charge in [-0.2, -0.15) is 5.10 Å². The van der Waals surface area contributed by atoms with Gasteiger partial charge < -0.3 is 9.64 Å². The average molecular weight is 299 g/mol. The fourth-order valence-corrected chi connectivity index (χ4v) is 2.95. The number of carbonyl (C=O) groups is 1. The van der Waals surface area contributed by atoms with Crippen LogP contribution in [0, 0.1) is 0 Å². The van der Waals surface area contributed by atoms with Crippen molar-refractivity contribution in [3.8, 4) is 5.75 Å². The van der Waals surface area contributed by atoms with E-state index < -0.39 is 0 Å². The normalized spacial score (nSPS) is 18.2. The number of piperidine rings is 1. The fraction of sp³-hybridized carbons (Fsp3) is 0.412. The van der Waals surface area contributed by atoms with Crippen molar-refractivity contribution in [2.75, 3.05) is 19.7 Å². The van der Waals surface area contributed by atoms with Crippen LogP contribution in [0.5, 0.6) is 5.75 Å². The zero-order valence-electron chi connectivity index (χ0n) is 12.8. The van der Waals surface area contributed by atoms with Gasteiger partial charge in [-0.3, -0.25) is 9.89 Å². The van der Waals surface area contributed by atoms with Crippen molar-refractivity contribution in [1.29, 1.82) is 0 Å². The lowest BCUT2D eigenvalue weighted by molar-refractivity contribution is 0.0706. The number of ether oxygens (including phenoxy) is 1. The SMILES string of the molecule is CCOc1ccc(C(=O)N2CCC[C@H](c3ccn[nH]3)C2)cc1. The van der Waals surface area contributed by atoms with Crippen LogP contribution in [0.4, 0.5) is 0 Å². The van der Waals surface area contributed by atoms with E-state index in [1.807, 2.05) is 42.2 Å². The van der Waals surface area contributed by atoms with E-state index in [4.69, 9.17) is 4.74 Å². The van der Waals surface area contributed by atoms with Gasteiger partial charge in [0.1, 0.15) is 5.75 Å². The van der Waals surface area contributed by atoms with Gasteiger partial charge in [-0.05, 0) is 50.1 Å². The summed E-state index contributed by atoms with van der Waals surface area (Å²) < 4.78 is 5.42. The fourth-order valence-electron chi connectivity index (χ4n) is 2.95. The summed E-state index contributed by atoms with van der Waals surface area (Å²) in [6, 6.07) is 9.38. The van der Waals surface area contributed by atoms with Gasteiger partial charge in [0.15, 0.2) is 0 Å². The van der Waals surface area contributed by atoms with E-state index in [0.29, 0.717) is 18.1 Å². The van der Waals surface area contributed by atoms with Gasteiger partial charge >= 0.3 is 0 Å². The van der Waals surface area contributed by atoms with Crippen LogP contribution in [-0.4, -0.2) is 40.7 Å². The molecule has 2 heterocycles. The van der Waals surface area contributed by atoms with Gasteiger partial charge in [-0.25, -0.2) is 0 Å². The molecule has 116 valence electrons. The van der Waals surface area contributed by atoms with Crippen LogP contribution in [-0.2, 0) is 0 Å². The van der Waals surface area contributed by atoms with Gasteiger partial charge in [-0.15, -0.1) is 0 Å². The predicted molar refractivity (Wildman–Crippen MR) is 84.1 cm³/mol. The van der Waals surface area contributed by atoms with Gasteiger partial charge in [0.2, 0.25) is 0 Å². The third kappa shape index (κ3) is 3.13. The molecular weight excluding hydrogens is 278 g/mol. The number of likely N-dealkylation sites (tertiary alicyclic amines) is 1. The number of aromatic amines is 1. The van der Waals surface area contributed by atoms with Crippen LogP contribution < -0.4 is 4.74 Å². The Bertz CT molecular complexity index is 607. The molecular formula is C17H21N3O2. The topological polar surface area (TPSA) is 58.2 Å². The van der Waals surface area contributed by atoms with E-state index in [1.54, 1.807) is 6.20 Å². The van der Waals surface area contributed by atoms with E-state index >= 15 is 0 Å². The number of benzene rings is 1. The lowest BCUT2D eigenvalue weighted by Gasteiger charge is -2.32. The Labute approximate surface area is 130 Å². The quantitative estimate of drug-likeness (QED) is 0.944. The first-order chi connectivity index (χ1) is 10.8. The second-order valence-corrected chi connectivity index (χ2v) is 5.56. The standard InChI is InChI=1S/C17H21N3O2/c1-2-22-15-7-5-13(6-8-15)17(21)20-11-3-4-14(12-20)16-9-10-18-19-16/h5-10,14H,2-4,11-12H2,1H3,(H,18,19)/t14-/m0/s1. The summed E-state index contributed by atoms with van der Waals surface area (Å²) in [6.45, 7) is 4.14. The average Bonchev–Trinajstić information content (AvgIpc) is 3.10. The van der Waals surface area contributed by atoms with E-state index in [0.717, 1.165) is 37.4 Å². The summed E-state index contributed by atoms with van der Waals surface area (Å²) in [5.41, 5.74) is 1.83. The molecule has 1 aromatic carbocycles. The zero-order chi connectivity index (χ0) is 15.4. The summed E-state index contributed by atoms with van der Waals surface area (Å²) in [5, 5.41) is 7.03. The number of nitrogens with zero attached hydrogens (tertiary/aromatic N) is 2. The molecule has 1 N–H and O–H groups in total. The number of hydrogen-bond donors (Lipinski definition) is 1. The summed E-state index contributed by atoms with van der Waals surface area (Å²) in [7, 11) is 0. The summed E-state index contributed by atoms with van der Waals surface area (Å²) in [5.74, 6) is 1.24. The van der Waals surface area contributed by atoms with Crippen molar-refractivity contribution in [2.45, 2.75) is 25.7 Å². The van der Waals surface area contributed by atoms with E-state index in [1.165, 1.54) is 0 Å². The molecule has 5 heteroatoms. The van der Waals surface area contributed by atoms with Gasteiger partial charge in [0, 0.05) is 36.5 Å². The molecule has 1 aromatic heterocycles.